The minimum absolute atomic E-state index is 0.719. The van der Waals surface area contributed by atoms with Crippen molar-refractivity contribution in [3.8, 4) is 0 Å². The van der Waals surface area contributed by atoms with Crippen molar-refractivity contribution in [2.75, 3.05) is 5.32 Å². The Balaban J connectivity index is 2.04. The number of benzene rings is 1. The van der Waals surface area contributed by atoms with Gasteiger partial charge in [0.05, 0.1) is 11.9 Å². The van der Waals surface area contributed by atoms with Crippen molar-refractivity contribution >= 4 is 33.2 Å². The molecule has 0 aliphatic rings. The zero-order chi connectivity index (χ0) is 12.3. The summed E-state index contributed by atoms with van der Waals surface area (Å²) < 4.78 is 2.94. The van der Waals surface area contributed by atoms with Gasteiger partial charge in [0.1, 0.15) is 0 Å². The van der Waals surface area contributed by atoms with Crippen LogP contribution in [-0.4, -0.2) is 9.78 Å². The molecule has 2 aromatic rings. The summed E-state index contributed by atoms with van der Waals surface area (Å²) in [5.74, 6) is 0. The molecule has 90 valence electrons. The number of halogens is 2. The fourth-order valence-electron chi connectivity index (χ4n) is 1.50. The molecule has 5 heteroatoms. The molecule has 0 saturated heterocycles. The standard InChI is InChI=1S/C12H13BrClN3/c1-2-17-8-11(7-16-17)15-6-9-5-10(14)3-4-12(9)13/h3-5,7-8,15H,2,6H2,1H3. The van der Waals surface area contributed by atoms with E-state index in [1.54, 1.807) is 0 Å². The van der Waals surface area contributed by atoms with E-state index in [0.29, 0.717) is 0 Å². The molecule has 3 nitrogen and oxygen atoms in total. The number of nitrogens with zero attached hydrogens (tertiary/aromatic N) is 2. The van der Waals surface area contributed by atoms with Crippen molar-refractivity contribution in [2.24, 2.45) is 0 Å². The molecule has 0 aliphatic heterocycles. The maximum atomic E-state index is 5.96. The monoisotopic (exact) mass is 313 g/mol. The highest BCUT2D eigenvalue weighted by atomic mass is 79.9. The summed E-state index contributed by atoms with van der Waals surface area (Å²) in [6, 6.07) is 5.77. The Bertz CT molecular complexity index is 510. The second-order valence-corrected chi connectivity index (χ2v) is 4.96. The van der Waals surface area contributed by atoms with Crippen molar-refractivity contribution in [1.82, 2.24) is 9.78 Å². The number of anilines is 1. The van der Waals surface area contributed by atoms with Crippen LogP contribution in [0.5, 0.6) is 0 Å². The van der Waals surface area contributed by atoms with Crippen LogP contribution in [0.1, 0.15) is 12.5 Å². The number of hydrogen-bond acceptors (Lipinski definition) is 2. The third-order valence-electron chi connectivity index (χ3n) is 2.45. The van der Waals surface area contributed by atoms with Gasteiger partial charge < -0.3 is 5.32 Å². The van der Waals surface area contributed by atoms with Crippen LogP contribution in [0.15, 0.2) is 35.1 Å². The zero-order valence-corrected chi connectivity index (χ0v) is 11.8. The number of aryl methyl sites for hydroxylation is 1. The van der Waals surface area contributed by atoms with E-state index >= 15 is 0 Å². The lowest BCUT2D eigenvalue weighted by atomic mass is 10.2. The predicted molar refractivity (Wildman–Crippen MR) is 74.4 cm³/mol. The lowest BCUT2D eigenvalue weighted by Gasteiger charge is -2.06. The fraction of sp³-hybridized carbons (Fsp3) is 0.250. The molecule has 1 aromatic heterocycles. The number of nitrogens with one attached hydrogen (secondary N) is 1. The van der Waals surface area contributed by atoms with Crippen LogP contribution in [0.2, 0.25) is 5.02 Å². The smallest absolute Gasteiger partial charge is 0.0729 e. The van der Waals surface area contributed by atoms with Gasteiger partial charge in [0, 0.05) is 28.8 Å². The van der Waals surface area contributed by atoms with Gasteiger partial charge in [0.2, 0.25) is 0 Å². The largest absolute Gasteiger partial charge is 0.378 e. The average molecular weight is 315 g/mol. The quantitative estimate of drug-likeness (QED) is 0.926. The van der Waals surface area contributed by atoms with E-state index in [4.69, 9.17) is 11.6 Å². The minimum Gasteiger partial charge on any atom is -0.378 e. The Morgan fingerprint density at radius 3 is 3.00 bits per heavy atom. The van der Waals surface area contributed by atoms with E-state index < -0.39 is 0 Å². The predicted octanol–water partition coefficient (Wildman–Crippen LogP) is 3.93. The lowest BCUT2D eigenvalue weighted by Crippen LogP contribution is -1.99. The highest BCUT2D eigenvalue weighted by Crippen LogP contribution is 2.22. The Kier molecular flexibility index (Phi) is 4.07. The molecule has 1 heterocycles. The summed E-state index contributed by atoms with van der Waals surface area (Å²) in [6.45, 7) is 3.66. The van der Waals surface area contributed by atoms with Gasteiger partial charge >= 0.3 is 0 Å². The Morgan fingerprint density at radius 1 is 1.47 bits per heavy atom. The van der Waals surface area contributed by atoms with E-state index in [9.17, 15) is 0 Å². The van der Waals surface area contributed by atoms with Crippen LogP contribution in [0, 0.1) is 0 Å². The molecular weight excluding hydrogens is 302 g/mol. The summed E-state index contributed by atoms with van der Waals surface area (Å²) in [4.78, 5) is 0. The van der Waals surface area contributed by atoms with Crippen LogP contribution >= 0.6 is 27.5 Å². The molecule has 0 spiro atoms. The molecule has 0 saturated carbocycles. The summed E-state index contributed by atoms with van der Waals surface area (Å²) >= 11 is 9.46. The molecule has 0 bridgehead atoms. The van der Waals surface area contributed by atoms with E-state index in [0.717, 1.165) is 33.8 Å². The van der Waals surface area contributed by atoms with E-state index in [-0.39, 0.29) is 0 Å². The number of rotatable bonds is 4. The maximum Gasteiger partial charge on any atom is 0.0729 e. The van der Waals surface area contributed by atoms with E-state index in [2.05, 4.69) is 33.3 Å². The highest BCUT2D eigenvalue weighted by molar-refractivity contribution is 9.10. The topological polar surface area (TPSA) is 29.9 Å². The van der Waals surface area contributed by atoms with E-state index in [1.807, 2.05) is 35.3 Å². The lowest BCUT2D eigenvalue weighted by molar-refractivity contribution is 0.660. The molecule has 0 unspecified atom stereocenters. The van der Waals surface area contributed by atoms with Crippen LogP contribution in [0.25, 0.3) is 0 Å². The van der Waals surface area contributed by atoms with Gasteiger partial charge in [0.15, 0.2) is 0 Å². The van der Waals surface area contributed by atoms with Crippen LogP contribution in [0.3, 0.4) is 0 Å². The van der Waals surface area contributed by atoms with Gasteiger partial charge in [-0.05, 0) is 30.7 Å². The van der Waals surface area contributed by atoms with Crippen molar-refractivity contribution in [3.05, 3.63) is 45.7 Å². The molecule has 0 radical (unpaired) electrons. The van der Waals surface area contributed by atoms with Crippen LogP contribution < -0.4 is 5.32 Å². The average Bonchev–Trinajstić information content (AvgIpc) is 2.78. The Hall–Kier alpha value is -1.00. The van der Waals surface area contributed by atoms with Crippen molar-refractivity contribution < 1.29 is 0 Å². The maximum absolute atomic E-state index is 5.96. The summed E-state index contributed by atoms with van der Waals surface area (Å²) in [7, 11) is 0. The first-order valence-corrected chi connectivity index (χ1v) is 6.56. The molecule has 0 amide bonds. The summed E-state index contributed by atoms with van der Waals surface area (Å²) in [5.41, 5.74) is 2.14. The normalized spacial score (nSPS) is 10.5. The van der Waals surface area contributed by atoms with Crippen molar-refractivity contribution in [1.29, 1.82) is 0 Å². The molecule has 0 fully saturated rings. The zero-order valence-electron chi connectivity index (χ0n) is 9.45. The van der Waals surface area contributed by atoms with Gasteiger partial charge in [-0.15, -0.1) is 0 Å². The third-order valence-corrected chi connectivity index (χ3v) is 3.46. The molecular formula is C12H13BrClN3. The first-order valence-electron chi connectivity index (χ1n) is 5.39. The molecule has 0 atom stereocenters. The van der Waals surface area contributed by atoms with Crippen molar-refractivity contribution in [2.45, 2.75) is 20.0 Å². The van der Waals surface area contributed by atoms with Gasteiger partial charge in [-0.3, -0.25) is 4.68 Å². The van der Waals surface area contributed by atoms with Crippen LogP contribution in [0.4, 0.5) is 5.69 Å². The Morgan fingerprint density at radius 2 is 2.29 bits per heavy atom. The highest BCUT2D eigenvalue weighted by Gasteiger charge is 2.02. The summed E-state index contributed by atoms with van der Waals surface area (Å²) in [5, 5.41) is 8.26. The summed E-state index contributed by atoms with van der Waals surface area (Å²) in [6.07, 6.45) is 3.81. The van der Waals surface area contributed by atoms with Crippen molar-refractivity contribution in [3.63, 3.8) is 0 Å². The molecule has 2 rings (SSSR count). The van der Waals surface area contributed by atoms with Gasteiger partial charge in [0.25, 0.3) is 0 Å². The van der Waals surface area contributed by atoms with Gasteiger partial charge in [-0.2, -0.15) is 5.10 Å². The van der Waals surface area contributed by atoms with Gasteiger partial charge in [-0.1, -0.05) is 27.5 Å². The SMILES string of the molecule is CCn1cc(NCc2cc(Cl)ccc2Br)cn1. The fourth-order valence-corrected chi connectivity index (χ4v) is 2.09. The molecule has 1 N–H and O–H groups in total. The first-order chi connectivity index (χ1) is 8.19. The number of hydrogen-bond donors (Lipinski definition) is 1. The second kappa shape index (κ2) is 5.56. The first kappa shape index (κ1) is 12.5. The molecule has 1 aromatic carbocycles. The minimum atomic E-state index is 0.719. The third kappa shape index (κ3) is 3.23. The van der Waals surface area contributed by atoms with E-state index in [1.165, 1.54) is 0 Å². The molecule has 17 heavy (non-hydrogen) atoms. The second-order valence-electron chi connectivity index (χ2n) is 3.67. The molecule has 0 aliphatic carbocycles. The Labute approximate surface area is 114 Å². The van der Waals surface area contributed by atoms with Crippen LogP contribution in [-0.2, 0) is 13.1 Å². The van der Waals surface area contributed by atoms with Gasteiger partial charge in [-0.25, -0.2) is 0 Å². The number of aromatic nitrogens is 2.